The van der Waals surface area contributed by atoms with E-state index in [1.807, 2.05) is 31.2 Å². The van der Waals surface area contributed by atoms with Crippen LogP contribution in [0.25, 0.3) is 5.57 Å². The Balaban J connectivity index is 2.38. The highest BCUT2D eigenvalue weighted by atomic mass is 15.5. The average Bonchev–Trinajstić information content (AvgIpc) is 2.93. The van der Waals surface area contributed by atoms with Crippen molar-refractivity contribution in [3.05, 3.63) is 48.1 Å². The summed E-state index contributed by atoms with van der Waals surface area (Å²) in [5.41, 5.74) is 6.83. The molecule has 96 valence electrons. The Labute approximate surface area is 112 Å². The zero-order chi connectivity index (χ0) is 13.7. The number of rotatable bonds is 4. The predicted octanol–water partition coefficient (Wildman–Crippen LogP) is 2.84. The molecular weight excluding hydrogens is 238 g/mol. The minimum atomic E-state index is 0.684. The second kappa shape index (κ2) is 5.83. The highest BCUT2D eigenvalue weighted by Gasteiger charge is 2.07. The number of hydrogen-bond acceptors (Lipinski definition) is 4. The van der Waals surface area contributed by atoms with E-state index in [1.54, 1.807) is 17.3 Å². The molecule has 0 amide bonds. The second-order valence-corrected chi connectivity index (χ2v) is 4.02. The molecular formula is C14H15N5. The quantitative estimate of drug-likeness (QED) is 0.909. The van der Waals surface area contributed by atoms with Gasteiger partial charge in [-0.15, -0.1) is 10.2 Å². The van der Waals surface area contributed by atoms with Gasteiger partial charge in [-0.25, -0.2) is 4.68 Å². The van der Waals surface area contributed by atoms with Crippen molar-refractivity contribution in [2.75, 3.05) is 5.43 Å². The lowest BCUT2D eigenvalue weighted by molar-refractivity contribution is 0.951. The summed E-state index contributed by atoms with van der Waals surface area (Å²) < 4.78 is 1.66. The number of anilines is 1. The van der Waals surface area contributed by atoms with Gasteiger partial charge in [-0.1, -0.05) is 13.0 Å². The van der Waals surface area contributed by atoms with Crippen molar-refractivity contribution in [1.29, 1.82) is 5.26 Å². The Hall–Kier alpha value is -2.61. The molecule has 0 aliphatic heterocycles. The summed E-state index contributed by atoms with van der Waals surface area (Å²) in [7, 11) is 0. The summed E-state index contributed by atoms with van der Waals surface area (Å²) in [6.45, 7) is 4.07. The van der Waals surface area contributed by atoms with E-state index in [9.17, 15) is 5.26 Å². The first kappa shape index (κ1) is 12.8. The van der Waals surface area contributed by atoms with Gasteiger partial charge < -0.3 is 0 Å². The van der Waals surface area contributed by atoms with Gasteiger partial charge in [0, 0.05) is 0 Å². The fraction of sp³-hybridized carbons (Fsp3) is 0.214. The summed E-state index contributed by atoms with van der Waals surface area (Å²) in [6, 6.07) is 7.89. The molecule has 0 radical (unpaired) electrons. The molecule has 0 unspecified atom stereocenters. The van der Waals surface area contributed by atoms with Crippen molar-refractivity contribution >= 4 is 11.3 Å². The lowest BCUT2D eigenvalue weighted by atomic mass is 9.97. The summed E-state index contributed by atoms with van der Waals surface area (Å²) in [4.78, 5) is 0. The maximum atomic E-state index is 9.18. The molecule has 1 aromatic carbocycles. The van der Waals surface area contributed by atoms with Gasteiger partial charge in [-0.2, -0.15) is 5.26 Å². The molecule has 0 saturated heterocycles. The normalized spacial score (nSPS) is 11.1. The zero-order valence-corrected chi connectivity index (χ0v) is 11.0. The van der Waals surface area contributed by atoms with Crippen molar-refractivity contribution < 1.29 is 0 Å². The third-order valence-corrected chi connectivity index (χ3v) is 2.89. The molecule has 0 aliphatic rings. The van der Waals surface area contributed by atoms with Gasteiger partial charge in [-0.05, 0) is 42.7 Å². The van der Waals surface area contributed by atoms with E-state index >= 15 is 0 Å². The summed E-state index contributed by atoms with van der Waals surface area (Å²) in [5, 5.41) is 16.6. The van der Waals surface area contributed by atoms with Crippen LogP contribution in [0, 0.1) is 11.3 Å². The molecule has 0 fully saturated rings. The Morgan fingerprint density at radius 2 is 2.16 bits per heavy atom. The lowest BCUT2D eigenvalue weighted by Gasteiger charge is -2.11. The first-order chi connectivity index (χ1) is 9.28. The molecule has 0 saturated carbocycles. The van der Waals surface area contributed by atoms with Gasteiger partial charge in [-0.3, -0.25) is 5.43 Å². The van der Waals surface area contributed by atoms with Crippen molar-refractivity contribution in [2.24, 2.45) is 0 Å². The Kier molecular flexibility index (Phi) is 3.94. The fourth-order valence-corrected chi connectivity index (χ4v) is 1.93. The second-order valence-electron chi connectivity index (χ2n) is 4.02. The summed E-state index contributed by atoms with van der Waals surface area (Å²) in [6.07, 6.45) is 6.09. The van der Waals surface area contributed by atoms with E-state index in [0.717, 1.165) is 23.2 Å². The zero-order valence-electron chi connectivity index (χ0n) is 11.0. The molecule has 2 aromatic rings. The molecule has 2 rings (SSSR count). The fourth-order valence-electron chi connectivity index (χ4n) is 1.93. The highest BCUT2D eigenvalue weighted by molar-refractivity contribution is 5.73. The van der Waals surface area contributed by atoms with Gasteiger partial charge in [0.25, 0.3) is 0 Å². The third kappa shape index (κ3) is 2.80. The average molecular weight is 253 g/mol. The lowest BCUT2D eigenvalue weighted by Crippen LogP contribution is -2.06. The molecule has 1 heterocycles. The highest BCUT2D eigenvalue weighted by Crippen LogP contribution is 2.25. The van der Waals surface area contributed by atoms with Gasteiger partial charge in [0.15, 0.2) is 0 Å². The summed E-state index contributed by atoms with van der Waals surface area (Å²) in [5.74, 6) is 0. The standard InChI is InChI=1S/C14H15N5/c1-3-11(4-2)14-7-13(6-5-12(14)8-15)18-19-9-16-17-10-19/h3,5-7,9-10,18H,4H2,1-2H3/b11-3+. The van der Waals surface area contributed by atoms with Crippen molar-refractivity contribution in [3.8, 4) is 6.07 Å². The van der Waals surface area contributed by atoms with Crippen LogP contribution in [0.3, 0.4) is 0 Å². The van der Waals surface area contributed by atoms with E-state index in [4.69, 9.17) is 0 Å². The monoisotopic (exact) mass is 253 g/mol. The Morgan fingerprint density at radius 3 is 2.74 bits per heavy atom. The van der Waals surface area contributed by atoms with Crippen LogP contribution in [0.5, 0.6) is 0 Å². The first-order valence-corrected chi connectivity index (χ1v) is 6.09. The largest absolute Gasteiger partial charge is 0.292 e. The van der Waals surface area contributed by atoms with Crippen LogP contribution in [0.1, 0.15) is 31.4 Å². The van der Waals surface area contributed by atoms with Crippen LogP contribution in [-0.4, -0.2) is 14.9 Å². The minimum Gasteiger partial charge on any atom is -0.292 e. The number of benzene rings is 1. The molecule has 0 spiro atoms. The van der Waals surface area contributed by atoms with Crippen LogP contribution in [0.2, 0.25) is 0 Å². The molecule has 19 heavy (non-hydrogen) atoms. The maximum Gasteiger partial charge on any atom is 0.139 e. The topological polar surface area (TPSA) is 66.5 Å². The van der Waals surface area contributed by atoms with E-state index in [0.29, 0.717) is 5.56 Å². The third-order valence-electron chi connectivity index (χ3n) is 2.89. The number of hydrogen-bond donors (Lipinski definition) is 1. The van der Waals surface area contributed by atoms with Crippen LogP contribution < -0.4 is 5.43 Å². The van der Waals surface area contributed by atoms with Gasteiger partial charge in [0.05, 0.1) is 17.3 Å². The molecule has 5 heteroatoms. The molecule has 1 aromatic heterocycles. The van der Waals surface area contributed by atoms with Gasteiger partial charge in [0.2, 0.25) is 0 Å². The number of aromatic nitrogens is 3. The van der Waals surface area contributed by atoms with Crippen LogP contribution in [0.15, 0.2) is 36.9 Å². The van der Waals surface area contributed by atoms with Crippen LogP contribution >= 0.6 is 0 Å². The molecule has 0 bridgehead atoms. The molecule has 1 N–H and O–H groups in total. The van der Waals surface area contributed by atoms with Crippen molar-refractivity contribution in [3.63, 3.8) is 0 Å². The maximum absolute atomic E-state index is 9.18. The van der Waals surface area contributed by atoms with Crippen molar-refractivity contribution in [1.82, 2.24) is 14.9 Å². The SMILES string of the molecule is C/C=C(\CC)c1cc(Nn2cnnc2)ccc1C#N. The molecule has 0 aliphatic carbocycles. The van der Waals surface area contributed by atoms with E-state index < -0.39 is 0 Å². The number of nitrogens with one attached hydrogen (secondary N) is 1. The number of allylic oxidation sites excluding steroid dienone is 2. The van der Waals surface area contributed by atoms with Gasteiger partial charge in [0.1, 0.15) is 12.7 Å². The first-order valence-electron chi connectivity index (χ1n) is 6.09. The minimum absolute atomic E-state index is 0.684. The number of nitrogens with zero attached hydrogens (tertiary/aromatic N) is 4. The van der Waals surface area contributed by atoms with E-state index in [1.165, 1.54) is 0 Å². The summed E-state index contributed by atoms with van der Waals surface area (Å²) >= 11 is 0. The smallest absolute Gasteiger partial charge is 0.139 e. The Bertz CT molecular complexity index is 620. The van der Waals surface area contributed by atoms with Gasteiger partial charge >= 0.3 is 0 Å². The Morgan fingerprint density at radius 1 is 1.42 bits per heavy atom. The van der Waals surface area contributed by atoms with Crippen molar-refractivity contribution in [2.45, 2.75) is 20.3 Å². The van der Waals surface area contributed by atoms with E-state index in [2.05, 4.69) is 28.6 Å². The molecule has 0 atom stereocenters. The number of nitriles is 1. The van der Waals surface area contributed by atoms with E-state index in [-0.39, 0.29) is 0 Å². The van der Waals surface area contributed by atoms with Crippen LogP contribution in [0.4, 0.5) is 5.69 Å². The predicted molar refractivity (Wildman–Crippen MR) is 74.1 cm³/mol. The molecule has 5 nitrogen and oxygen atoms in total. The van der Waals surface area contributed by atoms with Crippen LogP contribution in [-0.2, 0) is 0 Å².